The molecule has 0 unspecified atom stereocenters. The Morgan fingerprint density at radius 1 is 1.20 bits per heavy atom. The van der Waals surface area contributed by atoms with Gasteiger partial charge < -0.3 is 5.73 Å². The second-order valence-electron chi connectivity index (χ2n) is 5.19. The molecule has 1 aliphatic rings. The Hall–Kier alpha value is -1.23. The number of nitrogens with two attached hydrogens (primary N) is 1. The summed E-state index contributed by atoms with van der Waals surface area (Å²) in [6.45, 7) is 0. The summed E-state index contributed by atoms with van der Waals surface area (Å²) in [5, 5.41) is 0.292. The summed E-state index contributed by atoms with van der Waals surface area (Å²) in [6.07, 6.45) is -3.58. The minimum absolute atomic E-state index is 0.0165. The fourth-order valence-electron chi connectivity index (χ4n) is 2.60. The number of anilines is 1. The van der Waals surface area contributed by atoms with Crippen molar-refractivity contribution >= 4 is 23.1 Å². The molecule has 2 N–H and O–H groups in total. The van der Waals surface area contributed by atoms with E-state index in [-0.39, 0.29) is 37.4 Å². The van der Waals surface area contributed by atoms with Crippen LogP contribution in [-0.4, -0.2) is 12.0 Å². The van der Waals surface area contributed by atoms with Crippen LogP contribution in [0.15, 0.2) is 18.2 Å². The predicted molar refractivity (Wildman–Crippen MR) is 71.7 cm³/mol. The Labute approximate surface area is 120 Å². The van der Waals surface area contributed by atoms with Crippen LogP contribution in [-0.2, 0) is 0 Å². The number of halogens is 4. The number of carbonyl (C=O) groups is 1. The smallest absolute Gasteiger partial charge is 0.391 e. The lowest BCUT2D eigenvalue weighted by atomic mass is 9.78. The first-order valence-electron chi connectivity index (χ1n) is 6.45. The number of benzene rings is 1. The molecule has 1 aromatic carbocycles. The lowest BCUT2D eigenvalue weighted by Gasteiger charge is -2.29. The molecular weight excluding hydrogens is 291 g/mol. The van der Waals surface area contributed by atoms with Crippen molar-refractivity contribution in [2.75, 3.05) is 5.73 Å². The zero-order chi connectivity index (χ0) is 14.9. The van der Waals surface area contributed by atoms with Crippen molar-refractivity contribution in [1.82, 2.24) is 0 Å². The van der Waals surface area contributed by atoms with Crippen molar-refractivity contribution in [1.29, 1.82) is 0 Å². The second kappa shape index (κ2) is 5.64. The van der Waals surface area contributed by atoms with Crippen molar-refractivity contribution in [2.45, 2.75) is 31.9 Å². The van der Waals surface area contributed by atoms with Crippen LogP contribution >= 0.6 is 11.6 Å². The zero-order valence-corrected chi connectivity index (χ0v) is 11.5. The Morgan fingerprint density at radius 3 is 2.30 bits per heavy atom. The maximum atomic E-state index is 12.6. The first kappa shape index (κ1) is 15.2. The minimum atomic E-state index is -4.15. The average Bonchev–Trinajstić information content (AvgIpc) is 2.40. The van der Waals surface area contributed by atoms with Gasteiger partial charge in [0.05, 0.1) is 16.6 Å². The normalized spacial score (nSPS) is 23.6. The lowest BCUT2D eigenvalue weighted by Crippen LogP contribution is -2.30. The molecule has 1 saturated carbocycles. The largest absolute Gasteiger partial charge is 0.398 e. The standard InChI is InChI=1S/C14H15ClF3NO/c15-11-7-9(3-6-12(11)19)13(20)8-1-4-10(5-2-8)14(16,17)18/h3,6-8,10H,1-2,4-5,19H2. The van der Waals surface area contributed by atoms with Gasteiger partial charge in [0.25, 0.3) is 0 Å². The fraction of sp³-hybridized carbons (Fsp3) is 0.500. The number of Topliss-reactive ketones (excluding diaryl/α,β-unsaturated/α-hetero) is 1. The van der Waals surface area contributed by atoms with Crippen LogP contribution in [0.1, 0.15) is 36.0 Å². The molecule has 2 rings (SSSR count). The summed E-state index contributed by atoms with van der Waals surface area (Å²) in [5.74, 6) is -1.78. The van der Waals surface area contributed by atoms with E-state index in [1.54, 1.807) is 6.07 Å². The van der Waals surface area contributed by atoms with Gasteiger partial charge >= 0.3 is 6.18 Å². The van der Waals surface area contributed by atoms with Gasteiger partial charge in [0, 0.05) is 11.5 Å². The summed E-state index contributed by atoms with van der Waals surface area (Å²) in [7, 11) is 0. The number of alkyl halides is 3. The number of hydrogen-bond donors (Lipinski definition) is 1. The molecular formula is C14H15ClF3NO. The summed E-state index contributed by atoms with van der Waals surface area (Å²) < 4.78 is 37.7. The molecule has 20 heavy (non-hydrogen) atoms. The van der Waals surface area contributed by atoms with Gasteiger partial charge in [-0.1, -0.05) is 11.6 Å². The second-order valence-corrected chi connectivity index (χ2v) is 5.60. The molecule has 0 bridgehead atoms. The van der Waals surface area contributed by atoms with Gasteiger partial charge in [-0.3, -0.25) is 4.79 Å². The lowest BCUT2D eigenvalue weighted by molar-refractivity contribution is -0.183. The monoisotopic (exact) mass is 305 g/mol. The van der Waals surface area contributed by atoms with Gasteiger partial charge in [-0.2, -0.15) is 13.2 Å². The number of ketones is 1. The number of rotatable bonds is 2. The molecule has 1 fully saturated rings. The third kappa shape index (κ3) is 3.26. The zero-order valence-electron chi connectivity index (χ0n) is 10.7. The van der Waals surface area contributed by atoms with Gasteiger partial charge in [-0.05, 0) is 43.9 Å². The molecule has 0 spiro atoms. The van der Waals surface area contributed by atoms with E-state index in [2.05, 4.69) is 0 Å². The molecule has 0 saturated heterocycles. The molecule has 0 radical (unpaired) electrons. The summed E-state index contributed by atoms with van der Waals surface area (Å²) in [6, 6.07) is 4.59. The van der Waals surface area contributed by atoms with E-state index in [1.807, 2.05) is 0 Å². The average molecular weight is 306 g/mol. The third-order valence-corrected chi connectivity index (χ3v) is 4.17. The molecule has 0 aliphatic heterocycles. The van der Waals surface area contributed by atoms with E-state index < -0.39 is 12.1 Å². The highest BCUT2D eigenvalue weighted by Gasteiger charge is 2.42. The van der Waals surface area contributed by atoms with E-state index >= 15 is 0 Å². The molecule has 1 aromatic rings. The highest BCUT2D eigenvalue weighted by atomic mass is 35.5. The van der Waals surface area contributed by atoms with Gasteiger partial charge in [0.2, 0.25) is 0 Å². The minimum Gasteiger partial charge on any atom is -0.398 e. The van der Waals surface area contributed by atoms with Crippen molar-refractivity contribution < 1.29 is 18.0 Å². The third-order valence-electron chi connectivity index (χ3n) is 3.85. The number of carbonyl (C=O) groups excluding carboxylic acids is 1. The maximum absolute atomic E-state index is 12.6. The first-order valence-corrected chi connectivity index (χ1v) is 6.83. The molecule has 0 heterocycles. The van der Waals surface area contributed by atoms with Crippen LogP contribution < -0.4 is 5.73 Å². The molecule has 6 heteroatoms. The highest BCUT2D eigenvalue weighted by Crippen LogP contribution is 2.40. The molecule has 0 atom stereocenters. The summed E-state index contributed by atoms with van der Waals surface area (Å²) in [5.41, 5.74) is 6.36. The van der Waals surface area contributed by atoms with Gasteiger partial charge in [-0.15, -0.1) is 0 Å². The van der Waals surface area contributed by atoms with E-state index in [4.69, 9.17) is 17.3 Å². The van der Waals surface area contributed by atoms with Gasteiger partial charge in [-0.25, -0.2) is 0 Å². The quantitative estimate of drug-likeness (QED) is 0.647. The molecule has 0 aromatic heterocycles. The van der Waals surface area contributed by atoms with E-state index in [9.17, 15) is 18.0 Å². The number of nitrogen functional groups attached to an aromatic ring is 1. The molecule has 1 aliphatic carbocycles. The van der Waals surface area contributed by atoms with E-state index in [1.165, 1.54) is 12.1 Å². The van der Waals surface area contributed by atoms with Crippen LogP contribution in [0.5, 0.6) is 0 Å². The number of hydrogen-bond acceptors (Lipinski definition) is 2. The Bertz CT molecular complexity index is 508. The fourth-order valence-corrected chi connectivity index (χ4v) is 2.78. The van der Waals surface area contributed by atoms with E-state index in [0.29, 0.717) is 16.3 Å². The first-order chi connectivity index (χ1) is 9.29. The van der Waals surface area contributed by atoms with Gasteiger partial charge in [0.15, 0.2) is 5.78 Å². The van der Waals surface area contributed by atoms with Crippen LogP contribution in [0.2, 0.25) is 5.02 Å². The molecule has 0 amide bonds. The van der Waals surface area contributed by atoms with Gasteiger partial charge in [0.1, 0.15) is 0 Å². The molecule has 2 nitrogen and oxygen atoms in total. The van der Waals surface area contributed by atoms with Crippen molar-refractivity contribution in [3.8, 4) is 0 Å². The van der Waals surface area contributed by atoms with Crippen LogP contribution in [0.3, 0.4) is 0 Å². The van der Waals surface area contributed by atoms with Crippen molar-refractivity contribution in [3.63, 3.8) is 0 Å². The summed E-state index contributed by atoms with van der Waals surface area (Å²) in [4.78, 5) is 12.2. The Balaban J connectivity index is 2.03. The van der Waals surface area contributed by atoms with Crippen molar-refractivity contribution in [2.24, 2.45) is 11.8 Å². The van der Waals surface area contributed by atoms with Crippen molar-refractivity contribution in [3.05, 3.63) is 28.8 Å². The Kier molecular flexibility index (Phi) is 4.28. The summed E-state index contributed by atoms with van der Waals surface area (Å²) >= 11 is 5.85. The van der Waals surface area contributed by atoms with Crippen LogP contribution in [0.4, 0.5) is 18.9 Å². The SMILES string of the molecule is Nc1ccc(C(=O)C2CCC(C(F)(F)F)CC2)cc1Cl. The Morgan fingerprint density at radius 2 is 1.80 bits per heavy atom. The van der Waals surface area contributed by atoms with E-state index in [0.717, 1.165) is 0 Å². The topological polar surface area (TPSA) is 43.1 Å². The highest BCUT2D eigenvalue weighted by molar-refractivity contribution is 6.33. The van der Waals surface area contributed by atoms with Crippen LogP contribution in [0.25, 0.3) is 0 Å². The maximum Gasteiger partial charge on any atom is 0.391 e. The predicted octanol–water partition coefficient (Wildman–Crippen LogP) is 4.47. The molecule has 110 valence electrons. The van der Waals surface area contributed by atoms with Crippen LogP contribution in [0, 0.1) is 11.8 Å².